The monoisotopic (exact) mass is 431 g/mol. The molecule has 0 bridgehead atoms. The lowest BCUT2D eigenvalue weighted by Crippen LogP contribution is -2.27. The molecule has 3 aromatic rings. The number of nitrogens with zero attached hydrogens (tertiary/aromatic N) is 2. The van der Waals surface area contributed by atoms with Gasteiger partial charge in [0.15, 0.2) is 0 Å². The molecule has 158 valence electrons. The van der Waals surface area contributed by atoms with Crippen molar-refractivity contribution in [1.29, 1.82) is 0 Å². The maximum atomic E-state index is 12.6. The van der Waals surface area contributed by atoms with E-state index in [1.165, 1.54) is 0 Å². The molecule has 0 radical (unpaired) electrons. The molecule has 4 rings (SSSR count). The number of hydrogen-bond acceptors (Lipinski definition) is 4. The van der Waals surface area contributed by atoms with Crippen molar-refractivity contribution in [3.63, 3.8) is 0 Å². The number of carbonyl (C=O) groups is 2. The average Bonchev–Trinajstić information content (AvgIpc) is 3.16. The molecule has 1 heterocycles. The minimum Gasteiger partial charge on any atom is -0.378 e. The van der Waals surface area contributed by atoms with E-state index >= 15 is 0 Å². The Balaban J connectivity index is 1.50. The van der Waals surface area contributed by atoms with Gasteiger partial charge in [-0.05, 0) is 61.0 Å². The first kappa shape index (κ1) is 21.0. The third-order valence-corrected chi connectivity index (χ3v) is 6.49. The van der Waals surface area contributed by atoms with Crippen LogP contribution in [0.5, 0.6) is 0 Å². The summed E-state index contributed by atoms with van der Waals surface area (Å²) in [6.45, 7) is 1.99. The Labute approximate surface area is 187 Å². The number of nitrogens with one attached hydrogen (secondary N) is 1. The fraction of sp³-hybridized carbons (Fsp3) is 0.200. The lowest BCUT2D eigenvalue weighted by Gasteiger charge is -2.25. The van der Waals surface area contributed by atoms with Gasteiger partial charge in [-0.3, -0.25) is 14.5 Å². The fourth-order valence-corrected chi connectivity index (χ4v) is 4.68. The van der Waals surface area contributed by atoms with Gasteiger partial charge in [0.05, 0.1) is 5.75 Å². The molecule has 1 N–H and O–H groups in total. The van der Waals surface area contributed by atoms with Gasteiger partial charge in [-0.1, -0.05) is 29.8 Å². The highest BCUT2D eigenvalue weighted by atomic mass is 32.2. The molecule has 0 spiro atoms. The quantitative estimate of drug-likeness (QED) is 0.611. The van der Waals surface area contributed by atoms with Crippen molar-refractivity contribution in [1.82, 2.24) is 0 Å². The molecule has 2 amide bonds. The first-order valence-corrected chi connectivity index (χ1v) is 11.2. The van der Waals surface area contributed by atoms with Crippen molar-refractivity contribution < 1.29 is 9.59 Å². The minimum absolute atomic E-state index is 0.0837. The summed E-state index contributed by atoms with van der Waals surface area (Å²) in [7, 11) is 3.99. The van der Waals surface area contributed by atoms with E-state index in [-0.39, 0.29) is 17.2 Å². The Kier molecular flexibility index (Phi) is 6.00. The van der Waals surface area contributed by atoms with Crippen LogP contribution in [0.1, 0.15) is 26.9 Å². The highest BCUT2D eigenvalue weighted by Gasteiger charge is 2.34. The van der Waals surface area contributed by atoms with Crippen molar-refractivity contribution in [2.24, 2.45) is 0 Å². The highest BCUT2D eigenvalue weighted by Crippen LogP contribution is 2.42. The molecule has 31 heavy (non-hydrogen) atoms. The molecule has 0 aromatic heterocycles. The van der Waals surface area contributed by atoms with Crippen molar-refractivity contribution in [2.45, 2.75) is 12.3 Å². The van der Waals surface area contributed by atoms with Crippen LogP contribution < -0.4 is 15.1 Å². The third kappa shape index (κ3) is 4.59. The van der Waals surface area contributed by atoms with E-state index in [2.05, 4.69) is 5.32 Å². The second-order valence-corrected chi connectivity index (χ2v) is 8.85. The van der Waals surface area contributed by atoms with Crippen LogP contribution in [0.25, 0.3) is 0 Å². The topological polar surface area (TPSA) is 52.7 Å². The molecule has 0 saturated carbocycles. The zero-order valence-corrected chi connectivity index (χ0v) is 18.6. The lowest BCUT2D eigenvalue weighted by atomic mass is 10.1. The van der Waals surface area contributed by atoms with E-state index in [1.54, 1.807) is 11.8 Å². The Morgan fingerprint density at radius 3 is 2.23 bits per heavy atom. The summed E-state index contributed by atoms with van der Waals surface area (Å²) in [6, 6.07) is 23.2. The van der Waals surface area contributed by atoms with Gasteiger partial charge in [0.1, 0.15) is 5.37 Å². The third-order valence-electron chi connectivity index (χ3n) is 5.28. The largest absolute Gasteiger partial charge is 0.378 e. The zero-order chi connectivity index (χ0) is 22.0. The normalized spacial score (nSPS) is 15.8. The number of rotatable bonds is 5. The number of hydrogen-bond donors (Lipinski definition) is 1. The minimum atomic E-state index is -0.138. The summed E-state index contributed by atoms with van der Waals surface area (Å²) >= 11 is 1.61. The molecule has 1 atom stereocenters. The SMILES string of the molecule is Cc1ccc(C(=O)Nc2ccc(C3SCC(=O)N3c3ccc(N(C)C)cc3)cc2)cc1. The van der Waals surface area contributed by atoms with E-state index in [0.29, 0.717) is 11.3 Å². The van der Waals surface area contributed by atoms with Gasteiger partial charge in [-0.2, -0.15) is 0 Å². The Morgan fingerprint density at radius 2 is 1.61 bits per heavy atom. The maximum absolute atomic E-state index is 12.6. The summed E-state index contributed by atoms with van der Waals surface area (Å²) in [5, 5.41) is 2.85. The summed E-state index contributed by atoms with van der Waals surface area (Å²) in [5.41, 5.74) is 5.48. The molecule has 3 aromatic carbocycles. The van der Waals surface area contributed by atoms with Crippen LogP contribution in [0.2, 0.25) is 0 Å². The Bertz CT molecular complexity index is 1080. The molecule has 1 aliphatic heterocycles. The van der Waals surface area contributed by atoms with Crippen molar-refractivity contribution in [2.75, 3.05) is 35.0 Å². The molecular weight excluding hydrogens is 406 g/mol. The molecular formula is C25H25N3O2S. The van der Waals surface area contributed by atoms with Crippen LogP contribution in [0.15, 0.2) is 72.8 Å². The fourth-order valence-electron chi connectivity index (χ4n) is 3.50. The Morgan fingerprint density at radius 1 is 0.968 bits per heavy atom. The molecule has 1 unspecified atom stereocenters. The summed E-state index contributed by atoms with van der Waals surface area (Å²) in [4.78, 5) is 28.9. The van der Waals surface area contributed by atoms with Crippen molar-refractivity contribution in [3.8, 4) is 0 Å². The number of thioether (sulfide) groups is 1. The molecule has 1 saturated heterocycles. The molecule has 0 aliphatic carbocycles. The van der Waals surface area contributed by atoms with Gasteiger partial charge < -0.3 is 10.2 Å². The van der Waals surface area contributed by atoms with Gasteiger partial charge >= 0.3 is 0 Å². The van der Waals surface area contributed by atoms with Gasteiger partial charge in [-0.25, -0.2) is 0 Å². The van der Waals surface area contributed by atoms with Gasteiger partial charge in [-0.15, -0.1) is 11.8 Å². The van der Waals surface area contributed by atoms with E-state index in [4.69, 9.17) is 0 Å². The average molecular weight is 432 g/mol. The number of aryl methyl sites for hydroxylation is 1. The van der Waals surface area contributed by atoms with Crippen molar-refractivity contribution in [3.05, 3.63) is 89.5 Å². The van der Waals surface area contributed by atoms with Crippen LogP contribution in [-0.2, 0) is 4.79 Å². The van der Waals surface area contributed by atoms with E-state index in [0.717, 1.165) is 28.2 Å². The smallest absolute Gasteiger partial charge is 0.255 e. The predicted octanol–water partition coefficient (Wildman–Crippen LogP) is 5.09. The Hall–Kier alpha value is -3.25. The standard InChI is InChI=1S/C25H25N3O2S/c1-17-4-6-18(7-5-17)24(30)26-20-10-8-19(9-11-20)25-28(23(29)16-31-25)22-14-12-21(13-15-22)27(2)3/h4-15,25H,16H2,1-3H3,(H,26,30). The predicted molar refractivity (Wildman–Crippen MR) is 129 cm³/mol. The lowest BCUT2D eigenvalue weighted by molar-refractivity contribution is -0.115. The number of anilines is 3. The van der Waals surface area contributed by atoms with Gasteiger partial charge in [0.2, 0.25) is 5.91 Å². The summed E-state index contributed by atoms with van der Waals surface area (Å²) < 4.78 is 0. The second kappa shape index (κ2) is 8.86. The highest BCUT2D eigenvalue weighted by molar-refractivity contribution is 8.00. The van der Waals surface area contributed by atoms with Gasteiger partial charge in [0.25, 0.3) is 5.91 Å². The molecule has 5 nitrogen and oxygen atoms in total. The second-order valence-electron chi connectivity index (χ2n) is 7.78. The van der Waals surface area contributed by atoms with Gasteiger partial charge in [0, 0.05) is 36.7 Å². The summed E-state index contributed by atoms with van der Waals surface area (Å²) in [5.74, 6) is 0.413. The van der Waals surface area contributed by atoms with Crippen LogP contribution in [-0.4, -0.2) is 31.7 Å². The van der Waals surface area contributed by atoms with Crippen molar-refractivity contribution >= 4 is 40.6 Å². The maximum Gasteiger partial charge on any atom is 0.255 e. The molecule has 6 heteroatoms. The van der Waals surface area contributed by atoms with Crippen LogP contribution in [0.3, 0.4) is 0 Å². The van der Waals surface area contributed by atoms with Crippen LogP contribution >= 0.6 is 11.8 Å². The first-order chi connectivity index (χ1) is 14.9. The number of carbonyl (C=O) groups excluding carboxylic acids is 2. The number of benzene rings is 3. The summed E-state index contributed by atoms with van der Waals surface area (Å²) in [6.07, 6.45) is 0. The van der Waals surface area contributed by atoms with E-state index in [9.17, 15) is 9.59 Å². The van der Waals surface area contributed by atoms with E-state index < -0.39 is 0 Å². The van der Waals surface area contributed by atoms with Crippen LogP contribution in [0.4, 0.5) is 17.1 Å². The van der Waals surface area contributed by atoms with E-state index in [1.807, 2.05) is 104 Å². The molecule has 1 fully saturated rings. The molecule has 1 aliphatic rings. The zero-order valence-electron chi connectivity index (χ0n) is 17.8. The van der Waals surface area contributed by atoms with Crippen LogP contribution in [0, 0.1) is 6.92 Å². The first-order valence-electron chi connectivity index (χ1n) is 10.1. The number of amides is 2.